The summed E-state index contributed by atoms with van der Waals surface area (Å²) in [5.41, 5.74) is 7.73. The molecular weight excluding hydrogens is 240 g/mol. The highest BCUT2D eigenvalue weighted by molar-refractivity contribution is 5.72. The molecule has 4 nitrogen and oxygen atoms in total. The van der Waals surface area contributed by atoms with E-state index in [4.69, 9.17) is 15.2 Å². The van der Waals surface area contributed by atoms with E-state index in [1.54, 1.807) is 0 Å². The van der Waals surface area contributed by atoms with E-state index in [9.17, 15) is 0 Å². The third-order valence-corrected chi connectivity index (χ3v) is 4.06. The Kier molecular flexibility index (Phi) is 3.67. The third-order valence-electron chi connectivity index (χ3n) is 4.06. The fourth-order valence-corrected chi connectivity index (χ4v) is 2.97. The van der Waals surface area contributed by atoms with Crippen LogP contribution in [0.5, 0.6) is 11.5 Å². The van der Waals surface area contributed by atoms with E-state index >= 15 is 0 Å². The summed E-state index contributed by atoms with van der Waals surface area (Å²) >= 11 is 0. The van der Waals surface area contributed by atoms with Gasteiger partial charge in [-0.25, -0.2) is 0 Å². The van der Waals surface area contributed by atoms with Crippen molar-refractivity contribution < 1.29 is 9.47 Å². The minimum Gasteiger partial charge on any atom is -0.486 e. The third kappa shape index (κ3) is 2.88. The zero-order valence-electron chi connectivity index (χ0n) is 11.3. The van der Waals surface area contributed by atoms with E-state index in [-0.39, 0.29) is 0 Å². The maximum atomic E-state index is 6.04. The summed E-state index contributed by atoms with van der Waals surface area (Å²) in [6.45, 7) is 2.19. The number of fused-ring (bicyclic) bond motifs is 1. The maximum absolute atomic E-state index is 6.04. The zero-order chi connectivity index (χ0) is 13.1. The first-order chi connectivity index (χ1) is 9.33. The highest BCUT2D eigenvalue weighted by Crippen LogP contribution is 2.37. The molecule has 1 aromatic carbocycles. The topological polar surface area (TPSA) is 56.5 Å². The van der Waals surface area contributed by atoms with Crippen molar-refractivity contribution in [3.05, 3.63) is 12.1 Å². The van der Waals surface area contributed by atoms with Crippen molar-refractivity contribution in [3.63, 3.8) is 0 Å². The first-order valence-corrected chi connectivity index (χ1v) is 7.26. The molecule has 1 aliphatic carbocycles. The molecule has 1 aliphatic heterocycles. The lowest BCUT2D eigenvalue weighted by Crippen LogP contribution is -2.16. The van der Waals surface area contributed by atoms with Gasteiger partial charge in [-0.15, -0.1) is 0 Å². The van der Waals surface area contributed by atoms with Gasteiger partial charge in [0, 0.05) is 18.7 Å². The number of nitrogens with two attached hydrogens (primary N) is 1. The van der Waals surface area contributed by atoms with Crippen molar-refractivity contribution in [2.45, 2.75) is 32.1 Å². The average Bonchev–Trinajstić information content (AvgIpc) is 2.92. The largest absolute Gasteiger partial charge is 0.486 e. The van der Waals surface area contributed by atoms with Crippen LogP contribution in [-0.4, -0.2) is 19.8 Å². The summed E-state index contributed by atoms with van der Waals surface area (Å²) in [6.07, 6.45) is 6.80. The van der Waals surface area contributed by atoms with E-state index in [1.807, 2.05) is 12.1 Å². The molecule has 0 spiro atoms. The molecule has 0 unspecified atom stereocenters. The van der Waals surface area contributed by atoms with Crippen molar-refractivity contribution in [2.24, 2.45) is 5.92 Å². The molecule has 3 rings (SSSR count). The summed E-state index contributed by atoms with van der Waals surface area (Å²) in [5.74, 6) is 2.44. The quantitative estimate of drug-likeness (QED) is 0.819. The Morgan fingerprint density at radius 2 is 1.79 bits per heavy atom. The molecule has 3 N–H and O–H groups in total. The van der Waals surface area contributed by atoms with E-state index in [0.717, 1.165) is 35.3 Å². The van der Waals surface area contributed by atoms with Gasteiger partial charge in [0.25, 0.3) is 0 Å². The Bertz CT molecular complexity index is 442. The highest BCUT2D eigenvalue weighted by atomic mass is 16.6. The molecule has 1 saturated carbocycles. The minimum absolute atomic E-state index is 0.598. The Morgan fingerprint density at radius 3 is 2.53 bits per heavy atom. The maximum Gasteiger partial charge on any atom is 0.163 e. The molecule has 4 heteroatoms. The molecular formula is C15H22N2O2. The molecule has 1 aromatic rings. The lowest BCUT2D eigenvalue weighted by atomic mass is 10.0. The van der Waals surface area contributed by atoms with E-state index < -0.39 is 0 Å². The number of nitrogens with one attached hydrogen (secondary N) is 1. The molecule has 0 bridgehead atoms. The minimum atomic E-state index is 0.598. The molecule has 1 heterocycles. The summed E-state index contributed by atoms with van der Waals surface area (Å²) < 4.78 is 11.1. The first-order valence-electron chi connectivity index (χ1n) is 7.26. The van der Waals surface area contributed by atoms with Crippen molar-refractivity contribution >= 4 is 11.4 Å². The van der Waals surface area contributed by atoms with Gasteiger partial charge in [0.15, 0.2) is 11.5 Å². The standard InChI is InChI=1S/C15H22N2O2/c16-12-9-14-15(19-8-7-18-14)10-13(12)17-6-5-11-3-1-2-4-11/h9-11,17H,1-8,16H2. The molecule has 0 radical (unpaired) electrons. The molecule has 0 aromatic heterocycles. The van der Waals surface area contributed by atoms with Crippen LogP contribution in [0.4, 0.5) is 11.4 Å². The van der Waals surface area contributed by atoms with Crippen LogP contribution in [0.25, 0.3) is 0 Å². The number of nitrogen functional groups attached to an aromatic ring is 1. The van der Waals surface area contributed by atoms with E-state index in [1.165, 1.54) is 32.1 Å². The Hall–Kier alpha value is -1.58. The molecule has 2 aliphatic rings. The van der Waals surface area contributed by atoms with E-state index in [0.29, 0.717) is 13.2 Å². The van der Waals surface area contributed by atoms with Crippen LogP contribution in [0.2, 0.25) is 0 Å². The molecule has 1 fully saturated rings. The second kappa shape index (κ2) is 5.59. The van der Waals surface area contributed by atoms with Crippen LogP contribution >= 0.6 is 0 Å². The summed E-state index contributed by atoms with van der Waals surface area (Å²) in [5, 5.41) is 3.43. The summed E-state index contributed by atoms with van der Waals surface area (Å²) in [6, 6.07) is 3.81. The van der Waals surface area contributed by atoms with Crippen LogP contribution in [-0.2, 0) is 0 Å². The van der Waals surface area contributed by atoms with Gasteiger partial charge in [-0.2, -0.15) is 0 Å². The van der Waals surface area contributed by atoms with Gasteiger partial charge >= 0.3 is 0 Å². The molecule has 19 heavy (non-hydrogen) atoms. The molecule has 0 atom stereocenters. The number of benzene rings is 1. The Labute approximate surface area is 114 Å². The monoisotopic (exact) mass is 262 g/mol. The second-order valence-electron chi connectivity index (χ2n) is 5.45. The SMILES string of the molecule is Nc1cc2c(cc1NCCC1CCCC1)OCCO2. The Balaban J connectivity index is 1.60. The number of rotatable bonds is 4. The van der Waals surface area contributed by atoms with Gasteiger partial charge in [0.1, 0.15) is 13.2 Å². The lowest BCUT2D eigenvalue weighted by molar-refractivity contribution is 0.172. The number of anilines is 2. The number of hydrogen-bond acceptors (Lipinski definition) is 4. The van der Waals surface area contributed by atoms with Crippen LogP contribution in [0.15, 0.2) is 12.1 Å². The van der Waals surface area contributed by atoms with Gasteiger partial charge in [-0.1, -0.05) is 25.7 Å². The number of hydrogen-bond donors (Lipinski definition) is 2. The van der Waals surface area contributed by atoms with Gasteiger partial charge < -0.3 is 20.5 Å². The lowest BCUT2D eigenvalue weighted by Gasteiger charge is -2.21. The highest BCUT2D eigenvalue weighted by Gasteiger charge is 2.16. The zero-order valence-corrected chi connectivity index (χ0v) is 11.3. The van der Waals surface area contributed by atoms with Crippen molar-refractivity contribution in [1.82, 2.24) is 0 Å². The van der Waals surface area contributed by atoms with Crippen molar-refractivity contribution in [1.29, 1.82) is 0 Å². The fourth-order valence-electron chi connectivity index (χ4n) is 2.97. The average molecular weight is 262 g/mol. The van der Waals surface area contributed by atoms with E-state index in [2.05, 4.69) is 5.32 Å². The van der Waals surface area contributed by atoms with Crippen LogP contribution in [0.1, 0.15) is 32.1 Å². The first kappa shape index (κ1) is 12.5. The van der Waals surface area contributed by atoms with Gasteiger partial charge in [-0.05, 0) is 12.3 Å². The van der Waals surface area contributed by atoms with Crippen LogP contribution in [0.3, 0.4) is 0 Å². The van der Waals surface area contributed by atoms with Gasteiger partial charge in [0.2, 0.25) is 0 Å². The van der Waals surface area contributed by atoms with Crippen LogP contribution < -0.4 is 20.5 Å². The van der Waals surface area contributed by atoms with Gasteiger partial charge in [0.05, 0.1) is 11.4 Å². The van der Waals surface area contributed by atoms with Crippen molar-refractivity contribution in [2.75, 3.05) is 30.8 Å². The second-order valence-corrected chi connectivity index (χ2v) is 5.45. The van der Waals surface area contributed by atoms with Gasteiger partial charge in [-0.3, -0.25) is 0 Å². The predicted octanol–water partition coefficient (Wildman–Crippen LogP) is 3.03. The summed E-state index contributed by atoms with van der Waals surface area (Å²) in [7, 11) is 0. The van der Waals surface area contributed by atoms with Crippen molar-refractivity contribution in [3.8, 4) is 11.5 Å². The summed E-state index contributed by atoms with van der Waals surface area (Å²) in [4.78, 5) is 0. The smallest absolute Gasteiger partial charge is 0.163 e. The normalized spacial score (nSPS) is 18.5. The van der Waals surface area contributed by atoms with Crippen LogP contribution in [0, 0.1) is 5.92 Å². The molecule has 0 amide bonds. The predicted molar refractivity (Wildman–Crippen MR) is 76.9 cm³/mol. The molecule has 0 saturated heterocycles. The molecule has 104 valence electrons. The fraction of sp³-hybridized carbons (Fsp3) is 0.600. The number of ether oxygens (including phenoxy) is 2. The Morgan fingerprint density at radius 1 is 1.11 bits per heavy atom.